The fourth-order valence-electron chi connectivity index (χ4n) is 1.39. The summed E-state index contributed by atoms with van der Waals surface area (Å²) in [5.74, 6) is 0.885. The molecule has 1 N–H and O–H groups in total. The lowest BCUT2D eigenvalue weighted by atomic mass is 10.4. The van der Waals surface area contributed by atoms with Gasteiger partial charge in [0.1, 0.15) is 18.6 Å². The van der Waals surface area contributed by atoms with E-state index in [2.05, 4.69) is 38.3 Å². The van der Waals surface area contributed by atoms with Crippen molar-refractivity contribution in [1.82, 2.24) is 5.43 Å². The van der Waals surface area contributed by atoms with E-state index in [1.807, 2.05) is 6.20 Å². The molecule has 0 saturated heterocycles. The van der Waals surface area contributed by atoms with Crippen molar-refractivity contribution in [3.05, 3.63) is 23.2 Å². The minimum Gasteiger partial charge on any atom is -0.251 e. The molecule has 0 spiro atoms. The van der Waals surface area contributed by atoms with Crippen LogP contribution in [-0.2, 0) is 0 Å². The van der Waals surface area contributed by atoms with Gasteiger partial charge in [0, 0.05) is 22.5 Å². The number of amidine groups is 1. The molecule has 13 heavy (non-hydrogen) atoms. The molecule has 0 radical (unpaired) electrons. The normalized spacial score (nSPS) is 30.0. The number of nitrogens with one attached hydrogen (secondary N) is 1. The number of hydrogen-bond donors (Lipinski definition) is 1. The average Bonchev–Trinajstić information content (AvgIpc) is 2.46. The molecule has 0 aromatic carbocycles. The van der Waals surface area contributed by atoms with Crippen LogP contribution in [0.15, 0.2) is 33.2 Å². The van der Waals surface area contributed by atoms with Crippen LogP contribution < -0.4 is 5.43 Å². The lowest BCUT2D eigenvalue weighted by molar-refractivity contribution is -0.783. The van der Waals surface area contributed by atoms with E-state index >= 15 is 0 Å². The Morgan fingerprint density at radius 1 is 1.62 bits per heavy atom. The second-order valence-corrected chi connectivity index (χ2v) is 3.56. The first kappa shape index (κ1) is 8.80. The summed E-state index contributed by atoms with van der Waals surface area (Å²) in [6, 6.07) is 0. The number of aliphatic imine (C=N–C) groups is 2. The van der Waals surface area contributed by atoms with Gasteiger partial charge in [-0.1, -0.05) is 0 Å². The van der Waals surface area contributed by atoms with Crippen molar-refractivity contribution in [1.29, 1.82) is 0 Å². The molecule has 4 nitrogen and oxygen atoms in total. The topological polar surface area (TPSA) is 36.8 Å². The van der Waals surface area contributed by atoms with E-state index in [4.69, 9.17) is 0 Å². The maximum Gasteiger partial charge on any atom is 0.276 e. The van der Waals surface area contributed by atoms with Gasteiger partial charge in [-0.3, -0.25) is 4.99 Å². The van der Waals surface area contributed by atoms with Crippen molar-refractivity contribution in [2.75, 3.05) is 6.54 Å². The van der Waals surface area contributed by atoms with E-state index in [1.54, 1.807) is 18.6 Å². The Balaban J connectivity index is 2.41. The van der Waals surface area contributed by atoms with Crippen LogP contribution in [0.25, 0.3) is 0 Å². The van der Waals surface area contributed by atoms with Gasteiger partial charge in [-0.15, -0.1) is 4.59 Å². The number of hydrogen-bond acceptors (Lipinski definition) is 3. The third-order valence-electron chi connectivity index (χ3n) is 1.98. The standard InChI is InChI=1S/C8H10BrN4/c1-2-12-13-4-3-10-6-8(13)11-5-7(13)9/h3-6,12H,2H2,1H3/q+1. The first-order chi connectivity index (χ1) is 6.29. The Kier molecular flexibility index (Phi) is 2.15. The smallest absolute Gasteiger partial charge is 0.251 e. The van der Waals surface area contributed by atoms with Crippen LogP contribution in [-0.4, -0.2) is 23.2 Å². The summed E-state index contributed by atoms with van der Waals surface area (Å²) < 4.78 is 1.42. The van der Waals surface area contributed by atoms with Gasteiger partial charge < -0.3 is 0 Å². The van der Waals surface area contributed by atoms with Crippen molar-refractivity contribution in [2.45, 2.75) is 6.92 Å². The predicted octanol–water partition coefficient (Wildman–Crippen LogP) is 1.49. The summed E-state index contributed by atoms with van der Waals surface area (Å²) in [5.41, 5.74) is 3.32. The van der Waals surface area contributed by atoms with Gasteiger partial charge in [0.2, 0.25) is 4.61 Å². The van der Waals surface area contributed by atoms with Gasteiger partial charge in [-0.05, 0) is 6.92 Å². The van der Waals surface area contributed by atoms with E-state index in [0.717, 1.165) is 17.0 Å². The first-order valence-corrected chi connectivity index (χ1v) is 4.88. The van der Waals surface area contributed by atoms with Gasteiger partial charge in [-0.2, -0.15) is 10.4 Å². The summed E-state index contributed by atoms with van der Waals surface area (Å²) in [5, 5.41) is 0. The molecule has 0 aromatic rings. The summed E-state index contributed by atoms with van der Waals surface area (Å²) in [6.07, 6.45) is 7.27. The van der Waals surface area contributed by atoms with Gasteiger partial charge in [0.05, 0.1) is 6.20 Å². The molecule has 2 rings (SSSR count). The fraction of sp³-hybridized carbons (Fsp3) is 0.250. The van der Waals surface area contributed by atoms with Crippen LogP contribution in [0.5, 0.6) is 0 Å². The molecule has 1 atom stereocenters. The number of rotatable bonds is 2. The fourth-order valence-corrected chi connectivity index (χ4v) is 1.92. The number of halogens is 1. The lowest BCUT2D eigenvalue weighted by Crippen LogP contribution is -2.55. The molecule has 5 heteroatoms. The van der Waals surface area contributed by atoms with Gasteiger partial charge >= 0.3 is 0 Å². The van der Waals surface area contributed by atoms with Gasteiger partial charge in [0.15, 0.2) is 0 Å². The molecule has 0 aromatic heterocycles. The Morgan fingerprint density at radius 3 is 3.23 bits per heavy atom. The van der Waals surface area contributed by atoms with Crippen molar-refractivity contribution >= 4 is 28.0 Å². The molecular formula is C8H10BrN4+. The minimum absolute atomic E-state index is 0.444. The molecule has 0 aliphatic carbocycles. The zero-order valence-corrected chi connectivity index (χ0v) is 8.82. The van der Waals surface area contributed by atoms with Crippen LogP contribution in [0, 0.1) is 0 Å². The lowest BCUT2D eigenvalue weighted by Gasteiger charge is -2.29. The zero-order valence-electron chi connectivity index (χ0n) is 7.24. The summed E-state index contributed by atoms with van der Waals surface area (Å²) in [4.78, 5) is 8.28. The largest absolute Gasteiger partial charge is 0.276 e. The van der Waals surface area contributed by atoms with Crippen molar-refractivity contribution in [2.24, 2.45) is 9.98 Å². The SMILES string of the molecule is CCN[N+]12C=CN=CC1=NC=C2Br. The summed E-state index contributed by atoms with van der Waals surface area (Å²) >= 11 is 3.48. The van der Waals surface area contributed by atoms with Crippen molar-refractivity contribution in [3.8, 4) is 0 Å². The van der Waals surface area contributed by atoms with Crippen molar-refractivity contribution in [3.63, 3.8) is 0 Å². The molecule has 1 unspecified atom stereocenters. The molecule has 2 aliphatic heterocycles. The maximum atomic E-state index is 4.25. The molecule has 0 amide bonds. The van der Waals surface area contributed by atoms with E-state index in [0.29, 0.717) is 4.59 Å². The van der Waals surface area contributed by atoms with Crippen LogP contribution in [0.2, 0.25) is 0 Å². The third-order valence-corrected chi connectivity index (χ3v) is 2.74. The molecular weight excluding hydrogens is 232 g/mol. The molecule has 0 fully saturated rings. The highest BCUT2D eigenvalue weighted by Crippen LogP contribution is 2.28. The monoisotopic (exact) mass is 241 g/mol. The highest BCUT2D eigenvalue weighted by atomic mass is 79.9. The molecule has 2 aliphatic rings. The first-order valence-electron chi connectivity index (χ1n) is 4.09. The number of nitrogens with zero attached hydrogens (tertiary/aromatic N) is 3. The predicted molar refractivity (Wildman–Crippen MR) is 56.0 cm³/mol. The Hall–Kier alpha value is -0.780. The maximum absolute atomic E-state index is 4.25. The van der Waals surface area contributed by atoms with E-state index in [1.165, 1.54) is 0 Å². The second kappa shape index (κ2) is 3.17. The Morgan fingerprint density at radius 2 is 2.46 bits per heavy atom. The molecule has 0 saturated carbocycles. The van der Waals surface area contributed by atoms with Crippen LogP contribution in [0.1, 0.15) is 6.92 Å². The number of quaternary nitrogens is 1. The highest BCUT2D eigenvalue weighted by Gasteiger charge is 2.40. The molecule has 68 valence electrons. The van der Waals surface area contributed by atoms with Crippen LogP contribution >= 0.6 is 15.9 Å². The van der Waals surface area contributed by atoms with Crippen LogP contribution in [0.3, 0.4) is 0 Å². The molecule has 0 bridgehead atoms. The zero-order chi connectivity index (χ0) is 9.31. The quantitative estimate of drug-likeness (QED) is 0.578. The van der Waals surface area contributed by atoms with Gasteiger partial charge in [-0.25, -0.2) is 0 Å². The van der Waals surface area contributed by atoms with E-state index in [-0.39, 0.29) is 0 Å². The van der Waals surface area contributed by atoms with Gasteiger partial charge in [0.25, 0.3) is 5.84 Å². The third kappa shape index (κ3) is 1.20. The van der Waals surface area contributed by atoms with E-state index in [9.17, 15) is 0 Å². The van der Waals surface area contributed by atoms with Crippen LogP contribution in [0.4, 0.5) is 0 Å². The second-order valence-electron chi connectivity index (χ2n) is 2.75. The average molecular weight is 242 g/mol. The summed E-state index contributed by atoms with van der Waals surface area (Å²) in [6.45, 7) is 2.92. The minimum atomic E-state index is 0.444. The van der Waals surface area contributed by atoms with E-state index < -0.39 is 0 Å². The highest BCUT2D eigenvalue weighted by molar-refractivity contribution is 9.11. The summed E-state index contributed by atoms with van der Waals surface area (Å²) in [7, 11) is 0. The Bertz CT molecular complexity index is 342. The number of fused-ring (bicyclic) bond motifs is 1. The molecule has 2 heterocycles. The Labute approximate surface area is 85.1 Å². The van der Waals surface area contributed by atoms with Crippen molar-refractivity contribution < 1.29 is 4.59 Å².